The molecule has 5 nitrogen and oxygen atoms in total. The summed E-state index contributed by atoms with van der Waals surface area (Å²) in [4.78, 5) is 16.2. The number of hydrogen-bond donors (Lipinski definition) is 1. The molecule has 1 amide bonds. The molecule has 6 heteroatoms. The average Bonchev–Trinajstić information content (AvgIpc) is 2.93. The first-order valence-corrected chi connectivity index (χ1v) is 7.49. The number of halogens is 1. The predicted octanol–water partition coefficient (Wildman–Crippen LogP) is 2.95. The van der Waals surface area contributed by atoms with Gasteiger partial charge in [-0.15, -0.1) is 0 Å². The van der Waals surface area contributed by atoms with Gasteiger partial charge < -0.3 is 4.57 Å². The number of rotatable bonds is 4. The molecule has 0 unspecified atom stereocenters. The van der Waals surface area contributed by atoms with Crippen LogP contribution in [-0.4, -0.2) is 21.7 Å². The molecular formula is C16H13BrN4O. The first kappa shape index (κ1) is 14.5. The minimum absolute atomic E-state index is 0.179. The fraction of sp³-hybridized carbons (Fsp3) is 0.0625. The minimum atomic E-state index is -0.198. The maximum atomic E-state index is 11.9. The van der Waals surface area contributed by atoms with Crippen LogP contribution >= 0.6 is 15.9 Å². The zero-order chi connectivity index (χ0) is 15.4. The summed E-state index contributed by atoms with van der Waals surface area (Å²) in [5.74, 6) is -0.198. The molecule has 0 saturated carbocycles. The number of nitrogens with zero attached hydrogens (tertiary/aromatic N) is 3. The average molecular weight is 357 g/mol. The second-order valence-corrected chi connectivity index (χ2v) is 5.62. The summed E-state index contributed by atoms with van der Waals surface area (Å²) in [6.07, 6.45) is 3.26. The van der Waals surface area contributed by atoms with Crippen molar-refractivity contribution in [3.63, 3.8) is 0 Å². The molecular weight excluding hydrogens is 344 g/mol. The van der Waals surface area contributed by atoms with E-state index >= 15 is 0 Å². The highest BCUT2D eigenvalue weighted by atomic mass is 79.9. The highest BCUT2D eigenvalue weighted by molar-refractivity contribution is 9.10. The van der Waals surface area contributed by atoms with Crippen molar-refractivity contribution in [3.8, 4) is 0 Å². The van der Waals surface area contributed by atoms with E-state index in [0.29, 0.717) is 0 Å². The molecule has 2 aromatic carbocycles. The Bertz CT molecular complexity index is 824. The molecule has 3 rings (SSSR count). The summed E-state index contributed by atoms with van der Waals surface area (Å²) in [7, 11) is 0. The summed E-state index contributed by atoms with van der Waals surface area (Å²) >= 11 is 3.37. The number of nitrogens with one attached hydrogen (secondary N) is 1. The number of carbonyl (C=O) groups excluding carboxylic acids is 1. The predicted molar refractivity (Wildman–Crippen MR) is 89.6 cm³/mol. The highest BCUT2D eigenvalue weighted by Gasteiger charge is 2.05. The largest absolute Gasteiger partial charge is 0.321 e. The fourth-order valence-corrected chi connectivity index (χ4v) is 2.32. The van der Waals surface area contributed by atoms with Gasteiger partial charge in [-0.2, -0.15) is 5.10 Å². The number of benzene rings is 2. The zero-order valence-corrected chi connectivity index (χ0v) is 13.2. The monoisotopic (exact) mass is 356 g/mol. The lowest BCUT2D eigenvalue weighted by Gasteiger charge is -2.02. The molecule has 0 spiro atoms. The molecule has 0 radical (unpaired) electrons. The Labute approximate surface area is 135 Å². The van der Waals surface area contributed by atoms with E-state index in [1.54, 1.807) is 17.1 Å². The van der Waals surface area contributed by atoms with Crippen molar-refractivity contribution < 1.29 is 4.79 Å². The van der Waals surface area contributed by atoms with Crippen molar-refractivity contribution >= 4 is 39.1 Å². The first-order valence-electron chi connectivity index (χ1n) is 6.70. The molecule has 1 N–H and O–H groups in total. The van der Waals surface area contributed by atoms with E-state index in [4.69, 9.17) is 0 Å². The van der Waals surface area contributed by atoms with E-state index in [1.807, 2.05) is 48.5 Å². The van der Waals surface area contributed by atoms with Gasteiger partial charge in [0.2, 0.25) is 0 Å². The third kappa shape index (κ3) is 3.40. The third-order valence-corrected chi connectivity index (χ3v) is 3.64. The third-order valence-electron chi connectivity index (χ3n) is 3.11. The van der Waals surface area contributed by atoms with E-state index in [0.717, 1.165) is 21.1 Å². The Morgan fingerprint density at radius 1 is 1.23 bits per heavy atom. The summed E-state index contributed by atoms with van der Waals surface area (Å²) in [5.41, 5.74) is 5.23. The van der Waals surface area contributed by atoms with E-state index < -0.39 is 0 Å². The Morgan fingerprint density at radius 3 is 2.82 bits per heavy atom. The van der Waals surface area contributed by atoms with Crippen molar-refractivity contribution in [1.29, 1.82) is 0 Å². The van der Waals surface area contributed by atoms with E-state index in [-0.39, 0.29) is 12.5 Å². The maximum absolute atomic E-state index is 11.9. The van der Waals surface area contributed by atoms with Crippen LogP contribution in [0.5, 0.6) is 0 Å². The van der Waals surface area contributed by atoms with E-state index in [2.05, 4.69) is 31.4 Å². The van der Waals surface area contributed by atoms with Gasteiger partial charge in [0.1, 0.15) is 6.54 Å². The second kappa shape index (κ2) is 6.53. The normalized spacial score (nSPS) is 11.1. The number of para-hydroxylation sites is 2. The van der Waals surface area contributed by atoms with E-state index in [9.17, 15) is 4.79 Å². The molecule has 0 bridgehead atoms. The number of fused-ring (bicyclic) bond motifs is 1. The number of imidazole rings is 1. The molecule has 0 aliphatic rings. The number of amides is 1. The van der Waals surface area contributed by atoms with Crippen LogP contribution in [0.2, 0.25) is 0 Å². The molecule has 22 heavy (non-hydrogen) atoms. The maximum Gasteiger partial charge on any atom is 0.260 e. The van der Waals surface area contributed by atoms with Crippen molar-refractivity contribution in [2.75, 3.05) is 0 Å². The molecule has 0 atom stereocenters. The minimum Gasteiger partial charge on any atom is -0.321 e. The summed E-state index contributed by atoms with van der Waals surface area (Å²) < 4.78 is 2.79. The lowest BCUT2D eigenvalue weighted by Crippen LogP contribution is -2.22. The molecule has 0 aliphatic heterocycles. The standard InChI is InChI=1S/C16H13BrN4O/c17-13-7-5-12(6-8-13)9-19-20-16(22)10-21-11-18-14-3-1-2-4-15(14)21/h1-9,11H,10H2,(H,20,22)/b19-9+. The molecule has 0 saturated heterocycles. The van der Waals surface area contributed by atoms with Crippen molar-refractivity contribution in [3.05, 3.63) is 64.9 Å². The van der Waals surface area contributed by atoms with E-state index in [1.165, 1.54) is 0 Å². The quantitative estimate of drug-likeness (QED) is 0.577. The first-order chi connectivity index (χ1) is 10.7. The van der Waals surface area contributed by atoms with Crippen LogP contribution in [0.15, 0.2) is 64.4 Å². The van der Waals surface area contributed by atoms with Gasteiger partial charge >= 0.3 is 0 Å². The van der Waals surface area contributed by atoms with Crippen molar-refractivity contribution in [2.45, 2.75) is 6.54 Å². The van der Waals surface area contributed by atoms with Crippen molar-refractivity contribution in [1.82, 2.24) is 15.0 Å². The van der Waals surface area contributed by atoms with Crippen LogP contribution in [0.3, 0.4) is 0 Å². The Morgan fingerprint density at radius 2 is 2.00 bits per heavy atom. The fourth-order valence-electron chi connectivity index (χ4n) is 2.05. The van der Waals surface area contributed by atoms with Gasteiger partial charge in [-0.1, -0.05) is 40.2 Å². The summed E-state index contributed by atoms with van der Waals surface area (Å²) in [6.45, 7) is 0.179. The molecule has 0 aliphatic carbocycles. The van der Waals surface area contributed by atoms with Crippen LogP contribution < -0.4 is 5.43 Å². The van der Waals surface area contributed by atoms with Crippen LogP contribution in [0.25, 0.3) is 11.0 Å². The summed E-state index contributed by atoms with van der Waals surface area (Å²) in [6, 6.07) is 15.3. The van der Waals surface area contributed by atoms with Gasteiger partial charge in [0.25, 0.3) is 5.91 Å². The van der Waals surface area contributed by atoms with Gasteiger partial charge in [-0.05, 0) is 29.8 Å². The second-order valence-electron chi connectivity index (χ2n) is 4.71. The van der Waals surface area contributed by atoms with Gasteiger partial charge in [0.15, 0.2) is 0 Å². The lowest BCUT2D eigenvalue weighted by atomic mass is 10.2. The summed E-state index contributed by atoms with van der Waals surface area (Å²) in [5, 5.41) is 3.96. The molecule has 3 aromatic rings. The van der Waals surface area contributed by atoms with Gasteiger partial charge in [-0.25, -0.2) is 10.4 Å². The molecule has 1 aromatic heterocycles. The van der Waals surface area contributed by atoms with Gasteiger partial charge in [0, 0.05) is 4.47 Å². The Hall–Kier alpha value is -2.47. The van der Waals surface area contributed by atoms with Crippen LogP contribution in [0, 0.1) is 0 Å². The SMILES string of the molecule is O=C(Cn1cnc2ccccc21)N/N=C/c1ccc(Br)cc1. The molecule has 1 heterocycles. The number of aromatic nitrogens is 2. The lowest BCUT2D eigenvalue weighted by molar-refractivity contribution is -0.121. The molecule has 110 valence electrons. The van der Waals surface area contributed by atoms with Gasteiger partial charge in [0.05, 0.1) is 23.6 Å². The van der Waals surface area contributed by atoms with Crippen LogP contribution in [-0.2, 0) is 11.3 Å². The number of hydrogen-bond acceptors (Lipinski definition) is 3. The zero-order valence-electron chi connectivity index (χ0n) is 11.6. The smallest absolute Gasteiger partial charge is 0.260 e. The Kier molecular flexibility index (Phi) is 4.29. The number of carbonyl (C=O) groups is 1. The highest BCUT2D eigenvalue weighted by Crippen LogP contribution is 2.11. The van der Waals surface area contributed by atoms with Crippen LogP contribution in [0.4, 0.5) is 0 Å². The van der Waals surface area contributed by atoms with Crippen molar-refractivity contribution in [2.24, 2.45) is 5.10 Å². The van der Waals surface area contributed by atoms with Crippen LogP contribution in [0.1, 0.15) is 5.56 Å². The topological polar surface area (TPSA) is 59.3 Å². The Balaban J connectivity index is 1.62. The number of hydrazone groups is 1. The van der Waals surface area contributed by atoms with Gasteiger partial charge in [-0.3, -0.25) is 4.79 Å². The molecule has 0 fully saturated rings.